The number of hydrogen-bond donors (Lipinski definition) is 1. The molecule has 2 atom stereocenters. The van der Waals surface area contributed by atoms with E-state index in [0.29, 0.717) is 6.42 Å². The van der Waals surface area contributed by atoms with Gasteiger partial charge < -0.3 is 4.74 Å². The molecule has 1 aliphatic rings. The van der Waals surface area contributed by atoms with Crippen LogP contribution in [0.25, 0.3) is 4.96 Å². The standard InChI is InChI=1S/C18H18BrN3O2S2/c1-17(12-6-4-3-5-7-12)11-18(17,15(23)24-2)21-26-14-10-22-9-13(8-19)20-16(22)25-14/h3-7,9-10,21H,8,11H2,1-2H3/t17-,18-/m1/s1. The molecule has 1 N–H and O–H groups in total. The van der Waals surface area contributed by atoms with Crippen molar-refractivity contribution in [2.45, 2.75) is 33.8 Å². The number of thiazole rings is 1. The van der Waals surface area contributed by atoms with Gasteiger partial charge in [-0.15, -0.1) is 0 Å². The molecule has 1 fully saturated rings. The van der Waals surface area contributed by atoms with E-state index >= 15 is 0 Å². The fourth-order valence-electron chi connectivity index (χ4n) is 3.37. The number of nitrogens with one attached hydrogen (secondary N) is 1. The normalized spacial score (nSPS) is 24.7. The second kappa shape index (κ2) is 6.67. The molecule has 4 rings (SSSR count). The summed E-state index contributed by atoms with van der Waals surface area (Å²) in [4.78, 5) is 18.1. The van der Waals surface area contributed by atoms with Crippen LogP contribution in [0.5, 0.6) is 0 Å². The highest BCUT2D eigenvalue weighted by Gasteiger charge is 2.71. The number of benzene rings is 1. The Labute approximate surface area is 168 Å². The highest BCUT2D eigenvalue weighted by atomic mass is 79.9. The Balaban J connectivity index is 1.56. The van der Waals surface area contributed by atoms with Crippen molar-refractivity contribution in [1.82, 2.24) is 14.1 Å². The molecule has 2 heterocycles. The maximum atomic E-state index is 12.6. The molecule has 2 aromatic heterocycles. The molecule has 0 aliphatic heterocycles. The summed E-state index contributed by atoms with van der Waals surface area (Å²) in [6.07, 6.45) is 4.75. The maximum Gasteiger partial charge on any atom is 0.327 e. The van der Waals surface area contributed by atoms with E-state index in [1.807, 2.05) is 35.0 Å². The molecule has 0 radical (unpaired) electrons. The second-order valence-corrected chi connectivity index (χ2v) is 9.26. The molecule has 0 amide bonds. The van der Waals surface area contributed by atoms with Crippen LogP contribution in [0.2, 0.25) is 0 Å². The van der Waals surface area contributed by atoms with E-state index < -0.39 is 5.54 Å². The van der Waals surface area contributed by atoms with Crippen molar-refractivity contribution in [3.05, 3.63) is 54.0 Å². The number of methoxy groups -OCH3 is 1. The fraction of sp³-hybridized carbons (Fsp3) is 0.333. The van der Waals surface area contributed by atoms with Crippen LogP contribution in [0.3, 0.4) is 0 Å². The van der Waals surface area contributed by atoms with Gasteiger partial charge in [-0.1, -0.05) is 64.5 Å². The number of hydrogen-bond acceptors (Lipinski definition) is 6. The smallest absolute Gasteiger partial charge is 0.327 e. The molecule has 0 bridgehead atoms. The van der Waals surface area contributed by atoms with Crippen LogP contribution in [0, 0.1) is 0 Å². The number of halogens is 1. The summed E-state index contributed by atoms with van der Waals surface area (Å²) in [6, 6.07) is 10.1. The van der Waals surface area contributed by atoms with Gasteiger partial charge in [-0.05, 0) is 23.9 Å². The number of alkyl halides is 1. The van der Waals surface area contributed by atoms with Gasteiger partial charge >= 0.3 is 5.97 Å². The average Bonchev–Trinajstić information content (AvgIpc) is 2.93. The van der Waals surface area contributed by atoms with Gasteiger partial charge in [0.15, 0.2) is 4.96 Å². The molecule has 136 valence electrons. The van der Waals surface area contributed by atoms with Crippen molar-refractivity contribution in [2.24, 2.45) is 0 Å². The first kappa shape index (κ1) is 18.0. The minimum atomic E-state index is -0.721. The number of esters is 1. The molecule has 0 unspecified atom stereocenters. The zero-order chi connectivity index (χ0) is 18.4. The number of ether oxygens (including phenoxy) is 1. The second-order valence-electron chi connectivity index (χ2n) is 6.58. The van der Waals surface area contributed by atoms with Crippen LogP contribution >= 0.6 is 39.2 Å². The minimum Gasteiger partial charge on any atom is -0.468 e. The summed E-state index contributed by atoms with van der Waals surface area (Å²) >= 11 is 6.49. The molecule has 8 heteroatoms. The molecule has 26 heavy (non-hydrogen) atoms. The summed E-state index contributed by atoms with van der Waals surface area (Å²) in [5.41, 5.74) is 1.14. The summed E-state index contributed by atoms with van der Waals surface area (Å²) in [5, 5.41) is 0.739. The van der Waals surface area contributed by atoms with Gasteiger partial charge in [-0.3, -0.25) is 4.40 Å². The largest absolute Gasteiger partial charge is 0.468 e. The summed E-state index contributed by atoms with van der Waals surface area (Å²) in [7, 11) is 1.45. The van der Waals surface area contributed by atoms with Gasteiger partial charge in [0.1, 0.15) is 5.54 Å². The summed E-state index contributed by atoms with van der Waals surface area (Å²) < 4.78 is 11.6. The predicted molar refractivity (Wildman–Crippen MR) is 108 cm³/mol. The summed E-state index contributed by atoms with van der Waals surface area (Å²) in [5.74, 6) is -0.223. The van der Waals surface area contributed by atoms with E-state index in [2.05, 4.69) is 44.7 Å². The first-order valence-corrected chi connectivity index (χ1v) is 10.9. The topological polar surface area (TPSA) is 55.6 Å². The van der Waals surface area contributed by atoms with Crippen LogP contribution in [-0.2, 0) is 20.3 Å². The van der Waals surface area contributed by atoms with Gasteiger partial charge in [0.25, 0.3) is 0 Å². The lowest BCUT2D eigenvalue weighted by atomic mass is 9.93. The number of imidazole rings is 1. The summed E-state index contributed by atoms with van der Waals surface area (Å²) in [6.45, 7) is 2.11. The molecule has 0 saturated heterocycles. The highest BCUT2D eigenvalue weighted by Crippen LogP contribution is 2.59. The Morgan fingerprint density at radius 3 is 2.85 bits per heavy atom. The molecular formula is C18H18BrN3O2S2. The van der Waals surface area contributed by atoms with Crippen molar-refractivity contribution in [1.29, 1.82) is 0 Å². The Bertz CT molecular complexity index is 926. The van der Waals surface area contributed by atoms with E-state index in [9.17, 15) is 4.79 Å². The number of fused-ring (bicyclic) bond motifs is 1. The Morgan fingerprint density at radius 1 is 1.42 bits per heavy atom. The minimum absolute atomic E-state index is 0.223. The molecule has 1 aromatic carbocycles. The van der Waals surface area contributed by atoms with Crippen molar-refractivity contribution >= 4 is 50.1 Å². The lowest BCUT2D eigenvalue weighted by molar-refractivity contribution is -0.144. The number of rotatable bonds is 6. The number of nitrogens with zero attached hydrogens (tertiary/aromatic N) is 2. The van der Waals surface area contributed by atoms with Crippen molar-refractivity contribution < 1.29 is 9.53 Å². The van der Waals surface area contributed by atoms with E-state index in [0.717, 1.165) is 25.8 Å². The van der Waals surface area contributed by atoms with Crippen LogP contribution in [0.15, 0.2) is 46.9 Å². The molecule has 5 nitrogen and oxygen atoms in total. The number of aromatic nitrogens is 2. The van der Waals surface area contributed by atoms with E-state index in [1.54, 1.807) is 11.3 Å². The SMILES string of the molecule is COC(=O)[C@]1(NSc2cn3cc(CBr)nc3s2)C[C@]1(C)c1ccccc1. The number of carbonyl (C=O) groups is 1. The lowest BCUT2D eigenvalue weighted by Crippen LogP contribution is -2.42. The average molecular weight is 452 g/mol. The monoisotopic (exact) mass is 451 g/mol. The van der Waals surface area contributed by atoms with Gasteiger partial charge in [-0.25, -0.2) is 14.5 Å². The Morgan fingerprint density at radius 2 is 2.19 bits per heavy atom. The predicted octanol–water partition coefficient (Wildman–Crippen LogP) is 4.16. The number of carbonyl (C=O) groups excluding carboxylic acids is 1. The third kappa shape index (κ3) is 2.79. The molecule has 0 spiro atoms. The van der Waals surface area contributed by atoms with E-state index in [-0.39, 0.29) is 11.4 Å². The van der Waals surface area contributed by atoms with Crippen LogP contribution in [-0.4, -0.2) is 28.0 Å². The van der Waals surface area contributed by atoms with Gasteiger partial charge in [0.2, 0.25) is 0 Å². The fourth-order valence-corrected chi connectivity index (χ4v) is 5.70. The highest BCUT2D eigenvalue weighted by molar-refractivity contribution is 9.08. The van der Waals surface area contributed by atoms with E-state index in [1.165, 1.54) is 19.1 Å². The quantitative estimate of drug-likeness (QED) is 0.346. The molecule has 1 aliphatic carbocycles. The van der Waals surface area contributed by atoms with Crippen LogP contribution in [0.4, 0.5) is 0 Å². The Hall–Kier alpha value is -1.35. The van der Waals surface area contributed by atoms with Gasteiger partial charge in [0.05, 0.1) is 17.0 Å². The van der Waals surface area contributed by atoms with Crippen molar-refractivity contribution in [2.75, 3.05) is 7.11 Å². The van der Waals surface area contributed by atoms with Crippen LogP contribution in [0.1, 0.15) is 24.6 Å². The van der Waals surface area contributed by atoms with E-state index in [4.69, 9.17) is 4.74 Å². The zero-order valence-electron chi connectivity index (χ0n) is 14.4. The van der Waals surface area contributed by atoms with Crippen molar-refractivity contribution in [3.63, 3.8) is 0 Å². The molecular weight excluding hydrogens is 434 g/mol. The third-order valence-corrected chi connectivity index (χ3v) is 7.65. The Kier molecular flexibility index (Phi) is 4.63. The third-order valence-electron chi connectivity index (χ3n) is 5.03. The van der Waals surface area contributed by atoms with Gasteiger partial charge in [0, 0.05) is 23.1 Å². The van der Waals surface area contributed by atoms with Crippen LogP contribution < -0.4 is 4.72 Å². The first-order chi connectivity index (χ1) is 12.5. The van der Waals surface area contributed by atoms with Gasteiger partial charge in [-0.2, -0.15) is 0 Å². The zero-order valence-corrected chi connectivity index (χ0v) is 17.6. The maximum absolute atomic E-state index is 12.6. The first-order valence-electron chi connectivity index (χ1n) is 8.14. The molecule has 1 saturated carbocycles. The van der Waals surface area contributed by atoms with Crippen molar-refractivity contribution in [3.8, 4) is 0 Å². The lowest BCUT2D eigenvalue weighted by Gasteiger charge is -2.21. The molecule has 3 aromatic rings.